The van der Waals surface area contributed by atoms with Crippen LogP contribution in [-0.4, -0.2) is 24.7 Å². The second kappa shape index (κ2) is 6.06. The molecule has 4 aromatic rings. The minimum absolute atomic E-state index is 0.0332. The predicted molar refractivity (Wildman–Crippen MR) is 89.1 cm³/mol. The largest absolute Gasteiger partial charge is 0.324 e. The number of fused-ring (bicyclic) bond motifs is 1. The lowest BCUT2D eigenvalue weighted by Crippen LogP contribution is -1.99. The van der Waals surface area contributed by atoms with Gasteiger partial charge in [-0.2, -0.15) is 5.10 Å². The second-order valence-corrected chi connectivity index (χ2v) is 5.49. The Hall–Kier alpha value is -3.13. The Balaban J connectivity index is 1.88. The third kappa shape index (κ3) is 2.76. The van der Waals surface area contributed by atoms with Gasteiger partial charge in [-0.3, -0.25) is 0 Å². The Morgan fingerprint density at radius 3 is 2.72 bits per heavy atom. The van der Waals surface area contributed by atoms with E-state index in [1.165, 1.54) is 35.4 Å². The first kappa shape index (κ1) is 15.4. The summed E-state index contributed by atoms with van der Waals surface area (Å²) in [5.41, 5.74) is 0.0682. The van der Waals surface area contributed by atoms with Crippen molar-refractivity contribution in [2.45, 2.75) is 0 Å². The van der Waals surface area contributed by atoms with E-state index in [0.29, 0.717) is 17.0 Å². The molecule has 1 N–H and O–H groups in total. The van der Waals surface area contributed by atoms with Crippen molar-refractivity contribution in [2.24, 2.45) is 0 Å². The Morgan fingerprint density at radius 2 is 1.96 bits per heavy atom. The van der Waals surface area contributed by atoms with Crippen molar-refractivity contribution >= 4 is 34.1 Å². The molecular formula is C16H9ClF2N6. The smallest absolute Gasteiger partial charge is 0.169 e. The van der Waals surface area contributed by atoms with Crippen molar-refractivity contribution in [3.05, 3.63) is 65.8 Å². The zero-order valence-electron chi connectivity index (χ0n) is 12.5. The van der Waals surface area contributed by atoms with E-state index in [4.69, 9.17) is 11.6 Å². The number of pyridine rings is 1. The van der Waals surface area contributed by atoms with Gasteiger partial charge < -0.3 is 5.32 Å². The average Bonchev–Trinajstić information content (AvgIpc) is 3.04. The molecule has 0 saturated carbocycles. The van der Waals surface area contributed by atoms with Gasteiger partial charge in [0.15, 0.2) is 5.82 Å². The number of hydrogen-bond donors (Lipinski definition) is 1. The van der Waals surface area contributed by atoms with Gasteiger partial charge in [-0.1, -0.05) is 17.7 Å². The molecule has 9 heteroatoms. The molecule has 3 heterocycles. The summed E-state index contributed by atoms with van der Waals surface area (Å²) in [5.74, 6) is -0.394. The average molecular weight is 359 g/mol. The maximum Gasteiger partial charge on any atom is 0.169 e. The molecule has 3 aromatic heterocycles. The second-order valence-electron chi connectivity index (χ2n) is 5.08. The summed E-state index contributed by atoms with van der Waals surface area (Å²) in [6.45, 7) is 0. The monoisotopic (exact) mass is 358 g/mol. The van der Waals surface area contributed by atoms with E-state index < -0.39 is 11.6 Å². The topological polar surface area (TPSA) is 68.5 Å². The fourth-order valence-corrected chi connectivity index (χ4v) is 2.63. The molecule has 25 heavy (non-hydrogen) atoms. The lowest BCUT2D eigenvalue weighted by molar-refractivity contribution is 0.608. The minimum Gasteiger partial charge on any atom is -0.324 e. The first-order valence-corrected chi connectivity index (χ1v) is 7.52. The number of benzene rings is 1. The van der Waals surface area contributed by atoms with Crippen LogP contribution in [0.2, 0.25) is 5.02 Å². The van der Waals surface area contributed by atoms with E-state index >= 15 is 0 Å². The van der Waals surface area contributed by atoms with Gasteiger partial charge in [-0.05, 0) is 18.2 Å². The molecule has 0 atom stereocenters. The van der Waals surface area contributed by atoms with Crippen LogP contribution in [-0.2, 0) is 0 Å². The van der Waals surface area contributed by atoms with Crippen molar-refractivity contribution in [3.63, 3.8) is 0 Å². The van der Waals surface area contributed by atoms with Crippen molar-refractivity contribution in [1.82, 2.24) is 24.7 Å². The molecule has 0 saturated heterocycles. The quantitative estimate of drug-likeness (QED) is 0.602. The van der Waals surface area contributed by atoms with E-state index in [-0.39, 0.29) is 16.2 Å². The molecule has 4 rings (SSSR count). The molecule has 6 nitrogen and oxygen atoms in total. The highest BCUT2D eigenvalue weighted by atomic mass is 35.5. The minimum atomic E-state index is -0.630. The van der Waals surface area contributed by atoms with E-state index in [2.05, 4.69) is 25.4 Å². The maximum absolute atomic E-state index is 14.1. The number of nitrogens with one attached hydrogen (secondary N) is 1. The SMILES string of the molecule is Fc1cccc(Cl)c1-n1cc2c(Nc3ccncn3)ncc(F)c2n1. The van der Waals surface area contributed by atoms with Crippen molar-refractivity contribution in [2.75, 3.05) is 5.32 Å². The normalized spacial score (nSPS) is 11.0. The van der Waals surface area contributed by atoms with Crippen LogP contribution < -0.4 is 5.32 Å². The molecule has 0 radical (unpaired) electrons. The summed E-state index contributed by atoms with van der Waals surface area (Å²) in [6, 6.07) is 5.90. The lowest BCUT2D eigenvalue weighted by Gasteiger charge is -2.05. The Bertz CT molecular complexity index is 1050. The number of aromatic nitrogens is 5. The standard InChI is InChI=1S/C16H9ClF2N6/c17-10-2-1-3-11(18)15(10)25-7-9-14(24-25)12(19)6-21-16(9)23-13-4-5-20-8-22-13/h1-8H,(H,20,21,22,23). The fraction of sp³-hybridized carbons (Fsp3) is 0. The number of nitrogens with zero attached hydrogens (tertiary/aromatic N) is 5. The molecule has 0 aliphatic rings. The Kier molecular flexibility index (Phi) is 3.73. The van der Waals surface area contributed by atoms with E-state index in [1.807, 2.05) is 0 Å². The molecule has 0 aliphatic heterocycles. The highest BCUT2D eigenvalue weighted by Gasteiger charge is 2.17. The number of anilines is 2. The zero-order valence-corrected chi connectivity index (χ0v) is 13.2. The van der Waals surface area contributed by atoms with Gasteiger partial charge >= 0.3 is 0 Å². The number of rotatable bonds is 3. The van der Waals surface area contributed by atoms with Gasteiger partial charge in [-0.15, -0.1) is 0 Å². The summed E-state index contributed by atoms with van der Waals surface area (Å²) in [6.07, 6.45) is 5.41. The van der Waals surface area contributed by atoms with Gasteiger partial charge in [0, 0.05) is 12.4 Å². The van der Waals surface area contributed by atoms with E-state index in [0.717, 1.165) is 6.20 Å². The van der Waals surface area contributed by atoms with E-state index in [9.17, 15) is 8.78 Å². The fourth-order valence-electron chi connectivity index (χ4n) is 2.38. The molecule has 0 unspecified atom stereocenters. The molecule has 0 spiro atoms. The van der Waals surface area contributed by atoms with Gasteiger partial charge in [0.25, 0.3) is 0 Å². The molecule has 0 aliphatic carbocycles. The van der Waals surface area contributed by atoms with Gasteiger partial charge in [-0.25, -0.2) is 28.4 Å². The molecule has 0 bridgehead atoms. The number of para-hydroxylation sites is 1. The third-order valence-electron chi connectivity index (χ3n) is 3.50. The van der Waals surface area contributed by atoms with Crippen molar-refractivity contribution in [3.8, 4) is 5.69 Å². The predicted octanol–water partition coefficient (Wildman–Crippen LogP) is 3.89. The molecule has 0 amide bonds. The van der Waals surface area contributed by atoms with Crippen molar-refractivity contribution < 1.29 is 8.78 Å². The van der Waals surface area contributed by atoms with Crippen LogP contribution in [0.3, 0.4) is 0 Å². The van der Waals surface area contributed by atoms with E-state index in [1.54, 1.807) is 12.3 Å². The summed E-state index contributed by atoms with van der Waals surface area (Å²) in [5, 5.41) is 7.59. The molecule has 0 fully saturated rings. The first-order chi connectivity index (χ1) is 12.1. The summed E-state index contributed by atoms with van der Waals surface area (Å²) >= 11 is 6.06. The van der Waals surface area contributed by atoms with Gasteiger partial charge in [0.05, 0.1) is 16.6 Å². The summed E-state index contributed by atoms with van der Waals surface area (Å²) in [7, 11) is 0. The summed E-state index contributed by atoms with van der Waals surface area (Å²) in [4.78, 5) is 11.9. The van der Waals surface area contributed by atoms with Crippen molar-refractivity contribution in [1.29, 1.82) is 0 Å². The highest BCUT2D eigenvalue weighted by Crippen LogP contribution is 2.29. The third-order valence-corrected chi connectivity index (χ3v) is 3.80. The molecular weight excluding hydrogens is 350 g/mol. The molecule has 1 aromatic carbocycles. The zero-order chi connectivity index (χ0) is 17.4. The lowest BCUT2D eigenvalue weighted by atomic mass is 10.3. The van der Waals surface area contributed by atoms with Crippen LogP contribution in [0.4, 0.5) is 20.4 Å². The van der Waals surface area contributed by atoms with Gasteiger partial charge in [0.1, 0.15) is 35.0 Å². The molecule has 124 valence electrons. The van der Waals surface area contributed by atoms with Crippen LogP contribution in [0.15, 0.2) is 49.2 Å². The first-order valence-electron chi connectivity index (χ1n) is 7.15. The highest BCUT2D eigenvalue weighted by molar-refractivity contribution is 6.32. The number of hydrogen-bond acceptors (Lipinski definition) is 5. The van der Waals surface area contributed by atoms with Crippen LogP contribution in [0.1, 0.15) is 0 Å². The van der Waals surface area contributed by atoms with Crippen LogP contribution in [0.25, 0.3) is 16.6 Å². The van der Waals surface area contributed by atoms with Gasteiger partial charge in [0.2, 0.25) is 0 Å². The van der Waals surface area contributed by atoms with Crippen LogP contribution >= 0.6 is 11.6 Å². The van der Waals surface area contributed by atoms with Crippen LogP contribution in [0, 0.1) is 11.6 Å². The number of halogens is 3. The maximum atomic E-state index is 14.1. The summed E-state index contributed by atoms with van der Waals surface area (Å²) < 4.78 is 29.4. The Morgan fingerprint density at radius 1 is 1.08 bits per heavy atom. The van der Waals surface area contributed by atoms with Crippen LogP contribution in [0.5, 0.6) is 0 Å². The Labute approximate surface area is 145 Å².